The van der Waals surface area contributed by atoms with E-state index in [0.29, 0.717) is 33.8 Å². The van der Waals surface area contributed by atoms with Gasteiger partial charge in [0.2, 0.25) is 17.7 Å². The lowest BCUT2D eigenvalue weighted by molar-refractivity contribution is 0.000340. The second-order valence-corrected chi connectivity index (χ2v) is 27.2. The molecular formula is C72H75Cl3F3N12O19P. The lowest BCUT2D eigenvalue weighted by Crippen LogP contribution is -2.47. The van der Waals surface area contributed by atoms with Crippen LogP contribution in [0.3, 0.4) is 0 Å². The molecule has 0 aliphatic rings. The highest BCUT2D eigenvalue weighted by molar-refractivity contribution is 7.48. The molecule has 0 aliphatic carbocycles. The number of halogens is 6. The van der Waals surface area contributed by atoms with Crippen LogP contribution in [0.2, 0.25) is 15.1 Å². The summed E-state index contributed by atoms with van der Waals surface area (Å²) in [6.07, 6.45) is -10.5. The zero-order valence-corrected chi connectivity index (χ0v) is 62.0. The van der Waals surface area contributed by atoms with Gasteiger partial charge < -0.3 is 73.7 Å². The highest BCUT2D eigenvalue weighted by Gasteiger charge is 2.36. The number of phosphoric acid groups is 1. The van der Waals surface area contributed by atoms with Crippen molar-refractivity contribution in [3.63, 3.8) is 0 Å². The molecule has 6 atom stereocenters. The van der Waals surface area contributed by atoms with Gasteiger partial charge in [0.25, 0.3) is 0 Å². The van der Waals surface area contributed by atoms with Crippen LogP contribution in [0, 0.1) is 17.5 Å². The Morgan fingerprint density at radius 3 is 0.945 bits per heavy atom. The predicted octanol–water partition coefficient (Wildman–Crippen LogP) is 13.1. The molecule has 110 heavy (non-hydrogen) atoms. The Hall–Kier alpha value is -10.8. The van der Waals surface area contributed by atoms with Crippen LogP contribution in [0.5, 0.6) is 0 Å². The Labute approximate surface area is 641 Å². The number of ether oxygens (including phenoxy) is 3. The van der Waals surface area contributed by atoms with E-state index in [9.17, 15) is 57.3 Å². The molecule has 31 nitrogen and oxygen atoms in total. The summed E-state index contributed by atoms with van der Waals surface area (Å²) in [5, 5.41) is 61.4. The molecule has 3 heterocycles. The highest BCUT2D eigenvalue weighted by atomic mass is 35.5. The number of amides is 9. The minimum Gasteiger partial charge on any atom is -0.447 e. The summed E-state index contributed by atoms with van der Waals surface area (Å²) >= 11 is 18.5. The van der Waals surface area contributed by atoms with Crippen molar-refractivity contribution in [3.05, 3.63) is 213 Å². The van der Waals surface area contributed by atoms with Gasteiger partial charge in [-0.05, 0) is 54.2 Å². The standard InChI is InChI=1S/C72H75Cl3F3N12O19P/c1-88(67(94)79-34-46-22-13-25-55(76)64(46)73)49(37-101-70(97)82-61-31-58(85-107-61)43-16-7-4-8-17-43)28-52(91)40-104-110(100,105-41-53(92)29-50(89(2)68(95)80-35-47-23-14-26-56(77)65(47)74)38-102-71(98)83-62-32-59(86-108-62)44-18-9-5-10-19-44)106-42-54(93)30-51(90(3)69(96)81-36-48-24-15-27-57(78)66(48)75)39-103-72(99)84-63-33-60(87-109-63)45-20-11-6-12-21-45/h4-27,31-33,49-54,91-93H,28-30,34-42H2,1-3H3,(H,79,94)(H,80,95)(H,81,96)(H,82,97)(H,83,98)(H,84,99)/t49-,50-,51-,52+,53+,54+/m0/s1. The van der Waals surface area contributed by atoms with Gasteiger partial charge in [-0.25, -0.2) is 46.5 Å². The number of hydrogen-bond acceptors (Lipinski definition) is 22. The maximum Gasteiger partial charge on any atom is 0.475 e. The van der Waals surface area contributed by atoms with E-state index in [1.165, 1.54) is 75.7 Å². The number of aromatic nitrogens is 3. The highest BCUT2D eigenvalue weighted by Crippen LogP contribution is 2.50. The van der Waals surface area contributed by atoms with Crippen molar-refractivity contribution in [2.24, 2.45) is 0 Å². The van der Waals surface area contributed by atoms with Gasteiger partial charge in [0.05, 0.1) is 71.3 Å². The van der Waals surface area contributed by atoms with Gasteiger partial charge in [-0.15, -0.1) is 0 Å². The first-order valence-corrected chi connectivity index (χ1v) is 36.1. The number of carbonyl (C=O) groups is 6. The number of hydrogen-bond donors (Lipinski definition) is 9. The summed E-state index contributed by atoms with van der Waals surface area (Å²) in [6, 6.07) is 36.0. The van der Waals surface area contributed by atoms with E-state index in [2.05, 4.69) is 47.4 Å². The Bertz CT molecular complexity index is 4150. The number of benzene rings is 6. The second kappa shape index (κ2) is 40.6. The number of likely N-dealkylation sites (N-methyl/N-ethyl adjacent to an activating group) is 3. The van der Waals surface area contributed by atoms with Crippen molar-refractivity contribution in [2.45, 2.75) is 75.3 Å². The maximum absolute atomic E-state index is 15.2. The molecule has 3 aromatic heterocycles. The van der Waals surface area contributed by atoms with Crippen LogP contribution in [0.4, 0.5) is 59.6 Å². The summed E-state index contributed by atoms with van der Waals surface area (Å²) in [4.78, 5) is 84.7. The number of phosphoric ester groups is 1. The summed E-state index contributed by atoms with van der Waals surface area (Å²) in [5.41, 5.74) is 3.61. The summed E-state index contributed by atoms with van der Waals surface area (Å²) < 4.78 is 108. The molecule has 0 radical (unpaired) electrons. The van der Waals surface area contributed by atoms with Crippen LogP contribution in [0.1, 0.15) is 36.0 Å². The van der Waals surface area contributed by atoms with Gasteiger partial charge in [0, 0.05) is 75.7 Å². The molecule has 0 saturated heterocycles. The second-order valence-electron chi connectivity index (χ2n) is 24.4. The number of nitrogens with one attached hydrogen (secondary N) is 6. The lowest BCUT2D eigenvalue weighted by atomic mass is 10.1. The van der Waals surface area contributed by atoms with Crippen LogP contribution in [-0.2, 0) is 52.0 Å². The molecule has 0 unspecified atom stereocenters. The van der Waals surface area contributed by atoms with Crippen LogP contribution in [0.25, 0.3) is 33.8 Å². The Balaban J connectivity index is 0.935. The van der Waals surface area contributed by atoms with E-state index in [-0.39, 0.29) is 69.0 Å². The Morgan fingerprint density at radius 2 is 0.682 bits per heavy atom. The molecule has 9 rings (SSSR count). The van der Waals surface area contributed by atoms with E-state index < -0.39 is 157 Å². The van der Waals surface area contributed by atoms with Gasteiger partial charge in [-0.1, -0.05) is 178 Å². The van der Waals surface area contributed by atoms with E-state index in [0.717, 1.165) is 32.9 Å². The number of aliphatic hydroxyl groups is 3. The van der Waals surface area contributed by atoms with E-state index >= 15 is 4.57 Å². The number of aliphatic hydroxyl groups excluding tert-OH is 3. The van der Waals surface area contributed by atoms with Crippen molar-refractivity contribution in [1.29, 1.82) is 0 Å². The van der Waals surface area contributed by atoms with Crippen molar-refractivity contribution < 1.29 is 103 Å². The fourth-order valence-corrected chi connectivity index (χ4v) is 12.3. The van der Waals surface area contributed by atoms with Crippen LogP contribution in [0.15, 0.2) is 177 Å². The molecule has 38 heteroatoms. The molecule has 0 saturated carbocycles. The SMILES string of the molecule is CN(C(=O)NCc1cccc(F)c1Cl)[C@H](COC(=O)Nc1cc(-c2ccccc2)no1)C[C@@H](O)COP(=O)(OC[C@H](O)C[C@@H](COC(=O)Nc1cc(-c2ccccc2)no1)N(C)C(=O)NCc1cccc(F)c1Cl)OC[C@H](O)C[C@@H](COC(=O)Nc1cc(-c2ccccc2)no1)N(C)C(=O)NCc1cccc(F)c1Cl. The van der Waals surface area contributed by atoms with Gasteiger partial charge in [-0.2, -0.15) is 0 Å². The van der Waals surface area contributed by atoms with Crippen molar-refractivity contribution >= 4 is 96.7 Å². The monoisotopic (exact) mass is 1600 g/mol. The molecular weight excluding hydrogens is 1530 g/mol. The van der Waals surface area contributed by atoms with E-state index in [4.69, 9.17) is 76.2 Å². The topological polar surface area (TPSA) is 396 Å². The molecule has 584 valence electrons. The molecule has 9 amide bonds. The third kappa shape index (κ3) is 24.9. The number of rotatable bonds is 36. The normalized spacial score (nSPS) is 12.9. The van der Waals surface area contributed by atoms with Crippen LogP contribution in [-0.4, -0.2) is 179 Å². The van der Waals surface area contributed by atoms with Crippen molar-refractivity contribution in [3.8, 4) is 33.8 Å². The average molecular weight is 1610 g/mol. The lowest BCUT2D eigenvalue weighted by Gasteiger charge is -2.31. The first-order valence-electron chi connectivity index (χ1n) is 33.5. The number of nitrogens with zero attached hydrogens (tertiary/aromatic N) is 6. The van der Waals surface area contributed by atoms with Crippen molar-refractivity contribution in [1.82, 2.24) is 46.1 Å². The molecule has 0 aliphatic heterocycles. The zero-order chi connectivity index (χ0) is 78.9. The number of carbonyl (C=O) groups excluding carboxylic acids is 6. The fraction of sp³-hybridized carbons (Fsp3) is 0.292. The van der Waals surface area contributed by atoms with Gasteiger partial charge >= 0.3 is 44.2 Å². The van der Waals surface area contributed by atoms with Gasteiger partial charge in [-0.3, -0.25) is 29.5 Å². The van der Waals surface area contributed by atoms with Crippen molar-refractivity contribution in [2.75, 3.05) is 76.7 Å². The minimum absolute atomic E-state index is 0.133. The predicted molar refractivity (Wildman–Crippen MR) is 394 cm³/mol. The van der Waals surface area contributed by atoms with Gasteiger partial charge in [0.15, 0.2) is 0 Å². The first kappa shape index (κ1) is 83.3. The average Bonchev–Trinajstić information content (AvgIpc) is 1.79. The largest absolute Gasteiger partial charge is 0.475 e. The molecule has 0 fully saturated rings. The summed E-state index contributed by atoms with van der Waals surface area (Å²) in [7, 11) is -1.51. The molecule has 9 aromatic rings. The third-order valence-corrected chi connectivity index (χ3v) is 19.2. The number of anilines is 3. The zero-order valence-electron chi connectivity index (χ0n) is 58.8. The first-order chi connectivity index (χ1) is 52.8. The minimum atomic E-state index is -5.29. The molecule has 9 N–H and O–H groups in total. The van der Waals surface area contributed by atoms with Gasteiger partial charge in [0.1, 0.15) is 54.4 Å². The maximum atomic E-state index is 15.2. The van der Waals surface area contributed by atoms with Crippen LogP contribution < -0.4 is 31.9 Å². The number of urea groups is 3. The van der Waals surface area contributed by atoms with E-state index in [1.807, 2.05) is 0 Å². The smallest absolute Gasteiger partial charge is 0.447 e. The van der Waals surface area contributed by atoms with Crippen LogP contribution >= 0.6 is 42.6 Å². The quantitative estimate of drug-likeness (QED) is 0.0130. The Kier molecular flexibility index (Phi) is 30.7. The summed E-state index contributed by atoms with van der Waals surface area (Å²) in [5.74, 6) is -2.69. The fourth-order valence-electron chi connectivity index (χ4n) is 10.4. The van der Waals surface area contributed by atoms with E-state index in [1.54, 1.807) is 91.0 Å². The summed E-state index contributed by atoms with van der Waals surface area (Å²) in [6.45, 7) is -6.00. The Morgan fingerprint density at radius 1 is 0.418 bits per heavy atom. The molecule has 6 aromatic carbocycles. The molecule has 0 spiro atoms. The third-order valence-electron chi connectivity index (χ3n) is 16.5. The molecule has 0 bridgehead atoms.